The number of halogens is 2. The number of aryl methyl sites for hydroxylation is 1. The van der Waals surface area contributed by atoms with Gasteiger partial charge in [-0.05, 0) is 55.7 Å². The number of alkyl halides is 2. The summed E-state index contributed by atoms with van der Waals surface area (Å²) in [6, 6.07) is 7.23. The van der Waals surface area contributed by atoms with Crippen LogP contribution in [-0.2, 0) is 0 Å². The summed E-state index contributed by atoms with van der Waals surface area (Å²) >= 11 is 0. The van der Waals surface area contributed by atoms with E-state index in [0.29, 0.717) is 24.1 Å². The summed E-state index contributed by atoms with van der Waals surface area (Å²) in [5.41, 5.74) is 4.05. The zero-order valence-corrected chi connectivity index (χ0v) is 17.0. The number of pyridine rings is 1. The van der Waals surface area contributed by atoms with Gasteiger partial charge in [-0.1, -0.05) is 5.57 Å². The maximum absolute atomic E-state index is 13.1. The molecule has 1 aliphatic carbocycles. The van der Waals surface area contributed by atoms with Crippen molar-refractivity contribution in [3.8, 4) is 0 Å². The molecule has 0 aromatic carbocycles. The normalized spacial score (nSPS) is 16.2. The highest BCUT2D eigenvalue weighted by molar-refractivity contribution is 5.94. The Morgan fingerprint density at radius 2 is 2.06 bits per heavy atom. The summed E-state index contributed by atoms with van der Waals surface area (Å²) in [5, 5.41) is 4.07. The predicted molar refractivity (Wildman–Crippen MR) is 111 cm³/mol. The lowest BCUT2D eigenvalue weighted by atomic mass is 9.84. The molecule has 9 heteroatoms. The van der Waals surface area contributed by atoms with E-state index in [-0.39, 0.29) is 23.4 Å². The highest BCUT2D eigenvalue weighted by Gasteiger charge is 2.30. The molecule has 0 saturated heterocycles. The monoisotopic (exact) mass is 422 g/mol. The van der Waals surface area contributed by atoms with Gasteiger partial charge in [0, 0.05) is 31.0 Å². The standard InChI is InChI=1S/C22H20F2N6O/c1-13-5-16-4-3-15(11-29(16)10-13)21(31)28(2)17-6-14(7-17)8-18-9-19(20(23)24)27-22-25-12-26-30(18)22/h3-5,8-12,17,20H,6-7H2,1-2H3. The van der Waals surface area contributed by atoms with Gasteiger partial charge < -0.3 is 9.30 Å². The third kappa shape index (κ3) is 3.45. The summed E-state index contributed by atoms with van der Waals surface area (Å²) < 4.78 is 29.7. The third-order valence-corrected chi connectivity index (χ3v) is 5.71. The first-order valence-corrected chi connectivity index (χ1v) is 9.93. The van der Waals surface area contributed by atoms with Crippen molar-refractivity contribution in [3.05, 3.63) is 71.1 Å². The number of rotatable bonds is 4. The molecule has 0 bridgehead atoms. The average Bonchev–Trinajstić information content (AvgIpc) is 3.33. The van der Waals surface area contributed by atoms with E-state index in [2.05, 4.69) is 21.1 Å². The van der Waals surface area contributed by atoms with Crippen molar-refractivity contribution in [3.63, 3.8) is 0 Å². The average molecular weight is 422 g/mol. The Hall–Kier alpha value is -3.62. The topological polar surface area (TPSA) is 67.8 Å². The van der Waals surface area contributed by atoms with Crippen LogP contribution in [0.1, 0.15) is 46.6 Å². The SMILES string of the molecule is Cc1cc2ccc(C(=O)N(C)C3CC(=Cc4cc(C(F)F)nc5ncnn45)C3)cn2c1. The van der Waals surface area contributed by atoms with E-state index >= 15 is 0 Å². The summed E-state index contributed by atoms with van der Waals surface area (Å²) in [4.78, 5) is 22.4. The Labute approximate surface area is 176 Å². The molecule has 158 valence electrons. The molecule has 0 atom stereocenters. The van der Waals surface area contributed by atoms with Crippen LogP contribution in [0.4, 0.5) is 8.78 Å². The highest BCUT2D eigenvalue weighted by atomic mass is 19.3. The van der Waals surface area contributed by atoms with Crippen LogP contribution in [0, 0.1) is 6.92 Å². The molecule has 31 heavy (non-hydrogen) atoms. The van der Waals surface area contributed by atoms with Crippen molar-refractivity contribution in [1.29, 1.82) is 0 Å². The molecule has 4 heterocycles. The third-order valence-electron chi connectivity index (χ3n) is 5.71. The Morgan fingerprint density at radius 1 is 1.26 bits per heavy atom. The van der Waals surface area contributed by atoms with E-state index in [4.69, 9.17) is 0 Å². The Balaban J connectivity index is 1.33. The molecule has 4 aromatic rings. The van der Waals surface area contributed by atoms with E-state index < -0.39 is 6.43 Å². The molecule has 7 nitrogen and oxygen atoms in total. The molecule has 0 N–H and O–H groups in total. The first kappa shape index (κ1) is 19.3. The van der Waals surface area contributed by atoms with Crippen LogP contribution in [0.3, 0.4) is 0 Å². The number of carbonyl (C=O) groups is 1. The second-order valence-corrected chi connectivity index (χ2v) is 7.93. The lowest BCUT2D eigenvalue weighted by Gasteiger charge is -2.37. The van der Waals surface area contributed by atoms with Crippen LogP contribution in [0.2, 0.25) is 0 Å². The number of aromatic nitrogens is 5. The maximum atomic E-state index is 13.1. The lowest BCUT2D eigenvalue weighted by Crippen LogP contribution is -2.42. The number of amides is 1. The second-order valence-electron chi connectivity index (χ2n) is 7.93. The predicted octanol–water partition coefficient (Wildman–Crippen LogP) is 3.94. The van der Waals surface area contributed by atoms with Crippen molar-refractivity contribution in [2.75, 3.05) is 7.05 Å². The van der Waals surface area contributed by atoms with Crippen molar-refractivity contribution in [2.24, 2.45) is 0 Å². The first-order valence-electron chi connectivity index (χ1n) is 9.93. The Kier molecular flexibility index (Phi) is 4.53. The molecule has 1 aliphatic rings. The summed E-state index contributed by atoms with van der Waals surface area (Å²) in [5.74, 6) is 0.100. The van der Waals surface area contributed by atoms with Gasteiger partial charge in [0.25, 0.3) is 18.1 Å². The number of hydrogen-bond donors (Lipinski definition) is 0. The van der Waals surface area contributed by atoms with Crippen molar-refractivity contribution in [1.82, 2.24) is 28.9 Å². The molecule has 0 radical (unpaired) electrons. The van der Waals surface area contributed by atoms with Crippen LogP contribution in [0.15, 0.2) is 48.6 Å². The molecule has 1 fully saturated rings. The fraction of sp³-hybridized carbons (Fsp3) is 0.273. The van der Waals surface area contributed by atoms with Gasteiger partial charge in [-0.3, -0.25) is 4.79 Å². The molecule has 5 rings (SSSR count). The van der Waals surface area contributed by atoms with Gasteiger partial charge in [0.2, 0.25) is 0 Å². The Bertz CT molecular complexity index is 1330. The van der Waals surface area contributed by atoms with Gasteiger partial charge in [0.15, 0.2) is 0 Å². The Morgan fingerprint density at radius 3 is 2.84 bits per heavy atom. The quantitative estimate of drug-likeness (QED) is 0.500. The first-order chi connectivity index (χ1) is 14.9. The van der Waals surface area contributed by atoms with Crippen LogP contribution in [0.25, 0.3) is 17.4 Å². The lowest BCUT2D eigenvalue weighted by molar-refractivity contribution is 0.0698. The van der Waals surface area contributed by atoms with Gasteiger partial charge in [-0.15, -0.1) is 0 Å². The molecule has 1 saturated carbocycles. The number of carbonyl (C=O) groups excluding carboxylic acids is 1. The van der Waals surface area contributed by atoms with E-state index in [0.717, 1.165) is 16.7 Å². The zero-order valence-electron chi connectivity index (χ0n) is 17.0. The van der Waals surface area contributed by atoms with E-state index in [1.807, 2.05) is 41.9 Å². The molecular weight excluding hydrogens is 402 g/mol. The summed E-state index contributed by atoms with van der Waals surface area (Å²) in [7, 11) is 1.80. The van der Waals surface area contributed by atoms with Gasteiger partial charge in [0.05, 0.1) is 11.3 Å². The number of fused-ring (bicyclic) bond motifs is 2. The molecular formula is C22H20F2N6O. The van der Waals surface area contributed by atoms with Crippen molar-refractivity contribution >= 4 is 23.3 Å². The molecule has 1 amide bonds. The van der Waals surface area contributed by atoms with Gasteiger partial charge >= 0.3 is 0 Å². The minimum absolute atomic E-state index is 0.0418. The smallest absolute Gasteiger partial charge is 0.280 e. The molecule has 0 unspecified atom stereocenters. The second kappa shape index (κ2) is 7.26. The van der Waals surface area contributed by atoms with E-state index in [9.17, 15) is 13.6 Å². The van der Waals surface area contributed by atoms with Crippen LogP contribution < -0.4 is 0 Å². The maximum Gasteiger partial charge on any atom is 0.280 e. The summed E-state index contributed by atoms with van der Waals surface area (Å²) in [6.45, 7) is 2.02. The minimum Gasteiger partial charge on any atom is -0.338 e. The van der Waals surface area contributed by atoms with Gasteiger partial charge in [0.1, 0.15) is 12.0 Å². The van der Waals surface area contributed by atoms with Gasteiger partial charge in [-0.25, -0.2) is 13.8 Å². The number of nitrogens with zero attached hydrogens (tertiary/aromatic N) is 6. The number of hydrogen-bond acceptors (Lipinski definition) is 4. The summed E-state index contributed by atoms with van der Waals surface area (Å²) in [6.07, 6.45) is 5.63. The van der Waals surface area contributed by atoms with Crippen LogP contribution in [-0.4, -0.2) is 47.9 Å². The van der Waals surface area contributed by atoms with E-state index in [1.165, 1.54) is 16.9 Å². The fourth-order valence-corrected chi connectivity index (χ4v) is 3.96. The molecule has 0 spiro atoms. The highest BCUT2D eigenvalue weighted by Crippen LogP contribution is 2.33. The van der Waals surface area contributed by atoms with E-state index in [1.54, 1.807) is 11.9 Å². The van der Waals surface area contributed by atoms with Crippen molar-refractivity contribution < 1.29 is 13.6 Å². The minimum atomic E-state index is -2.68. The molecule has 0 aliphatic heterocycles. The van der Waals surface area contributed by atoms with Gasteiger partial charge in [-0.2, -0.15) is 14.6 Å². The zero-order chi connectivity index (χ0) is 21.7. The largest absolute Gasteiger partial charge is 0.338 e. The fourth-order valence-electron chi connectivity index (χ4n) is 3.96. The molecule has 4 aromatic heterocycles. The van der Waals surface area contributed by atoms with Crippen LogP contribution in [0.5, 0.6) is 0 Å². The van der Waals surface area contributed by atoms with Crippen molar-refractivity contribution in [2.45, 2.75) is 32.2 Å². The van der Waals surface area contributed by atoms with Crippen LogP contribution >= 0.6 is 0 Å².